The van der Waals surface area contributed by atoms with Crippen LogP contribution in [0.5, 0.6) is 0 Å². The van der Waals surface area contributed by atoms with Crippen LogP contribution in [0.3, 0.4) is 0 Å². The average molecular weight is 124 g/mol. The molecule has 0 bridgehead atoms. The first-order valence-corrected chi connectivity index (χ1v) is 4.06. The zero-order chi connectivity index (χ0) is 6.62. The minimum atomic E-state index is -1.35. The summed E-state index contributed by atoms with van der Waals surface area (Å²) in [6.07, 6.45) is 6.96. The predicted molar refractivity (Wildman–Crippen MR) is 43.6 cm³/mol. The van der Waals surface area contributed by atoms with Crippen LogP contribution in [0.15, 0.2) is 13.2 Å². The number of terminal acetylenes is 1. The van der Waals surface area contributed by atoms with E-state index in [4.69, 9.17) is 6.42 Å². The molecule has 0 saturated heterocycles. The minimum Gasteiger partial charge on any atom is -0.108 e. The maximum Gasteiger partial charge on any atom is -0.00377 e. The van der Waals surface area contributed by atoms with Gasteiger partial charge in [-0.2, -0.15) is 0 Å². The first-order chi connectivity index (χ1) is 3.68. The lowest BCUT2D eigenvalue weighted by Crippen LogP contribution is -1.65. The van der Waals surface area contributed by atoms with Crippen LogP contribution in [0.1, 0.15) is 0 Å². The van der Waals surface area contributed by atoms with Crippen LogP contribution in [-0.4, -0.2) is 16.3 Å². The van der Waals surface area contributed by atoms with Crippen molar-refractivity contribution >= 4 is 19.3 Å². The van der Waals surface area contributed by atoms with Gasteiger partial charge in [-0.1, -0.05) is 19.3 Å². The standard InChI is InChI=1S/C7H8S/c1-5-8(4,6-2)7-3/h1H,2-3H2,4H3. The van der Waals surface area contributed by atoms with Crippen LogP contribution in [0.25, 0.3) is 0 Å². The van der Waals surface area contributed by atoms with Crippen molar-refractivity contribution in [3.05, 3.63) is 13.2 Å². The van der Waals surface area contributed by atoms with Gasteiger partial charge in [-0.15, -0.1) is 6.42 Å². The molecule has 8 heavy (non-hydrogen) atoms. The summed E-state index contributed by atoms with van der Waals surface area (Å²) in [5.41, 5.74) is 0. The molecule has 0 rings (SSSR count). The van der Waals surface area contributed by atoms with Crippen molar-refractivity contribution in [3.63, 3.8) is 0 Å². The van der Waals surface area contributed by atoms with E-state index in [0.29, 0.717) is 0 Å². The molecule has 0 N–H and O–H groups in total. The fraction of sp³-hybridized carbons (Fsp3) is 0.143. The summed E-state index contributed by atoms with van der Waals surface area (Å²) in [5.74, 6) is 0. The van der Waals surface area contributed by atoms with E-state index >= 15 is 0 Å². The van der Waals surface area contributed by atoms with Crippen molar-refractivity contribution < 1.29 is 0 Å². The zero-order valence-electron chi connectivity index (χ0n) is 4.90. The summed E-state index contributed by atoms with van der Waals surface area (Å²) in [5, 5.41) is 7.92. The van der Waals surface area contributed by atoms with Gasteiger partial charge in [-0.25, -0.2) is 0 Å². The van der Waals surface area contributed by atoms with Gasteiger partial charge in [0.15, 0.2) is 0 Å². The Morgan fingerprint density at radius 3 is 1.75 bits per heavy atom. The Morgan fingerprint density at radius 1 is 1.38 bits per heavy atom. The Bertz CT molecular complexity index is 250. The largest absolute Gasteiger partial charge is 0.108 e. The molecule has 0 aliphatic carbocycles. The van der Waals surface area contributed by atoms with E-state index in [-0.39, 0.29) is 0 Å². The molecule has 0 fully saturated rings. The van der Waals surface area contributed by atoms with Crippen molar-refractivity contribution in [2.24, 2.45) is 0 Å². The Balaban J connectivity index is 5.65. The fourth-order valence-electron chi connectivity index (χ4n) is 0.134. The van der Waals surface area contributed by atoms with E-state index in [1.165, 1.54) is 0 Å². The maximum absolute atomic E-state index is 5.11. The number of hydrogen-bond donors (Lipinski definition) is 0. The third-order valence-electron chi connectivity index (χ3n) is 0.813. The van der Waals surface area contributed by atoms with Crippen LogP contribution >= 0.6 is 9.21 Å². The smallest absolute Gasteiger partial charge is 0.00377 e. The van der Waals surface area contributed by atoms with E-state index < -0.39 is 9.21 Å². The van der Waals surface area contributed by atoms with E-state index in [2.05, 4.69) is 28.5 Å². The molecule has 0 aliphatic heterocycles. The second-order valence-corrected chi connectivity index (χ2v) is 3.98. The molecule has 0 aromatic carbocycles. The predicted octanol–water partition coefficient (Wildman–Crippen LogP) is 1.19. The molecular formula is C7H8S. The van der Waals surface area contributed by atoms with E-state index in [1.807, 2.05) is 6.26 Å². The zero-order valence-corrected chi connectivity index (χ0v) is 5.72. The first-order valence-electron chi connectivity index (χ1n) is 2.02. The van der Waals surface area contributed by atoms with Crippen LogP contribution < -0.4 is 0 Å². The maximum atomic E-state index is 5.11. The SMILES string of the molecule is C#CS(C)(=C=C)=C=C. The first kappa shape index (κ1) is 7.21. The Kier molecular flexibility index (Phi) is 2.25. The van der Waals surface area contributed by atoms with Gasteiger partial charge in [-0.3, -0.25) is 0 Å². The van der Waals surface area contributed by atoms with Crippen molar-refractivity contribution in [3.8, 4) is 11.7 Å². The minimum absolute atomic E-state index is 1.35. The molecule has 1 heteroatoms. The second-order valence-electron chi connectivity index (χ2n) is 1.33. The summed E-state index contributed by atoms with van der Waals surface area (Å²) in [7, 11) is -1.35. The van der Waals surface area contributed by atoms with Crippen molar-refractivity contribution in [2.75, 3.05) is 6.26 Å². The topological polar surface area (TPSA) is 0 Å². The van der Waals surface area contributed by atoms with Crippen molar-refractivity contribution in [2.45, 2.75) is 0 Å². The molecule has 0 radical (unpaired) electrons. The van der Waals surface area contributed by atoms with Gasteiger partial charge >= 0.3 is 0 Å². The van der Waals surface area contributed by atoms with Gasteiger partial charge in [0, 0.05) is 0 Å². The Morgan fingerprint density at radius 2 is 1.75 bits per heavy atom. The summed E-state index contributed by atoms with van der Waals surface area (Å²) in [6.45, 7) is 6.88. The molecule has 0 atom stereocenters. The van der Waals surface area contributed by atoms with Gasteiger partial charge in [0.25, 0.3) is 0 Å². The third-order valence-corrected chi connectivity index (χ3v) is 2.44. The lowest BCUT2D eigenvalue weighted by atomic mass is 11.3. The Hall–Kier alpha value is -0.790. The van der Waals surface area contributed by atoms with Gasteiger partial charge in [0.2, 0.25) is 0 Å². The number of rotatable bonds is 0. The highest BCUT2D eigenvalue weighted by molar-refractivity contribution is 8.31. The normalized spacial score (nSPS) is 8.50. The fourth-order valence-corrected chi connectivity index (χ4v) is 0.403. The Labute approximate surface area is 51.0 Å². The lowest BCUT2D eigenvalue weighted by molar-refractivity contribution is 2.49. The molecule has 0 aliphatic rings. The molecule has 0 saturated carbocycles. The van der Waals surface area contributed by atoms with Gasteiger partial charge in [0.05, 0.1) is 0 Å². The highest BCUT2D eigenvalue weighted by Crippen LogP contribution is 2.08. The van der Waals surface area contributed by atoms with Crippen LogP contribution in [-0.2, 0) is 0 Å². The summed E-state index contributed by atoms with van der Waals surface area (Å²) >= 11 is 0. The average Bonchev–Trinajstić information content (AvgIpc) is 1.87. The summed E-state index contributed by atoms with van der Waals surface area (Å²) in [4.78, 5) is 0. The molecule has 0 aromatic rings. The molecule has 42 valence electrons. The van der Waals surface area contributed by atoms with E-state index in [1.54, 1.807) is 0 Å². The molecule has 0 aromatic heterocycles. The van der Waals surface area contributed by atoms with Crippen molar-refractivity contribution in [1.29, 1.82) is 0 Å². The monoisotopic (exact) mass is 124 g/mol. The summed E-state index contributed by atoms with van der Waals surface area (Å²) in [6, 6.07) is 0. The van der Waals surface area contributed by atoms with Gasteiger partial charge in [-0.05, 0) is 24.7 Å². The van der Waals surface area contributed by atoms with Gasteiger partial charge in [0.1, 0.15) is 0 Å². The second kappa shape index (κ2) is 2.50. The van der Waals surface area contributed by atoms with Crippen LogP contribution in [0.4, 0.5) is 0 Å². The summed E-state index contributed by atoms with van der Waals surface area (Å²) < 4.78 is 0. The van der Waals surface area contributed by atoms with E-state index in [0.717, 1.165) is 0 Å². The third kappa shape index (κ3) is 1.37. The molecule has 0 spiro atoms. The molecule has 0 heterocycles. The lowest BCUT2D eigenvalue weighted by Gasteiger charge is -1.87. The van der Waals surface area contributed by atoms with Crippen LogP contribution in [0.2, 0.25) is 0 Å². The molecule has 0 unspecified atom stereocenters. The molecular weight excluding hydrogens is 116 g/mol. The quantitative estimate of drug-likeness (QED) is 0.336. The highest BCUT2D eigenvalue weighted by atomic mass is 32.2. The molecule has 0 nitrogen and oxygen atoms in total. The highest BCUT2D eigenvalue weighted by Gasteiger charge is 1.76. The van der Waals surface area contributed by atoms with E-state index in [9.17, 15) is 0 Å². The number of hydrogen-bond acceptors (Lipinski definition) is 0. The van der Waals surface area contributed by atoms with Gasteiger partial charge < -0.3 is 0 Å². The van der Waals surface area contributed by atoms with Crippen LogP contribution in [0, 0.1) is 11.7 Å². The van der Waals surface area contributed by atoms with Crippen molar-refractivity contribution in [1.82, 2.24) is 0 Å². The molecule has 0 amide bonds.